The number of benzene rings is 1. The van der Waals surface area contributed by atoms with E-state index in [1.807, 2.05) is 18.2 Å². The van der Waals surface area contributed by atoms with Crippen LogP contribution in [0.5, 0.6) is 5.75 Å². The van der Waals surface area contributed by atoms with Crippen molar-refractivity contribution in [2.24, 2.45) is 0 Å². The number of fused-ring (bicyclic) bond motifs is 1. The molecule has 98 valence electrons. The smallest absolute Gasteiger partial charge is 0.183 e. The van der Waals surface area contributed by atoms with Gasteiger partial charge in [0.2, 0.25) is 0 Å². The van der Waals surface area contributed by atoms with Crippen molar-refractivity contribution in [3.05, 3.63) is 18.2 Å². The van der Waals surface area contributed by atoms with E-state index < -0.39 is 0 Å². The molecule has 1 heterocycles. The van der Waals surface area contributed by atoms with E-state index >= 15 is 0 Å². The summed E-state index contributed by atoms with van der Waals surface area (Å²) < 4.78 is 6.36. The lowest BCUT2D eigenvalue weighted by Gasteiger charge is -2.19. The summed E-state index contributed by atoms with van der Waals surface area (Å²) in [6.07, 6.45) is 0. The summed E-state index contributed by atoms with van der Waals surface area (Å²) in [5, 5.41) is 4.34. The summed E-state index contributed by atoms with van der Waals surface area (Å²) in [5.41, 5.74) is 1.01. The summed E-state index contributed by atoms with van der Waals surface area (Å²) in [6, 6.07) is 6.43. The van der Waals surface area contributed by atoms with Gasteiger partial charge in [-0.25, -0.2) is 4.98 Å². The maximum atomic E-state index is 5.21. The van der Waals surface area contributed by atoms with Crippen LogP contribution in [0.25, 0.3) is 10.2 Å². The predicted octanol–water partition coefficient (Wildman–Crippen LogP) is 2.67. The first-order chi connectivity index (χ1) is 8.60. The first kappa shape index (κ1) is 13.1. The summed E-state index contributed by atoms with van der Waals surface area (Å²) >= 11 is 1.66. The number of rotatable bonds is 5. The lowest BCUT2D eigenvalue weighted by Crippen LogP contribution is -2.31. The Kier molecular flexibility index (Phi) is 4.04. The second-order valence-corrected chi connectivity index (χ2v) is 5.58. The van der Waals surface area contributed by atoms with Crippen LogP contribution in [-0.2, 0) is 0 Å². The number of ether oxygens (including phenoxy) is 1. The van der Waals surface area contributed by atoms with E-state index in [9.17, 15) is 0 Å². The fourth-order valence-electron chi connectivity index (χ4n) is 1.53. The zero-order valence-corrected chi connectivity index (χ0v) is 12.0. The number of aromatic nitrogens is 1. The van der Waals surface area contributed by atoms with Crippen molar-refractivity contribution in [2.75, 3.05) is 33.1 Å². The molecule has 0 spiro atoms. The average Bonchev–Trinajstić information content (AvgIpc) is 2.77. The van der Waals surface area contributed by atoms with Crippen LogP contribution >= 0.6 is 11.3 Å². The van der Waals surface area contributed by atoms with Gasteiger partial charge in [0.15, 0.2) is 5.13 Å². The zero-order valence-electron chi connectivity index (χ0n) is 11.2. The van der Waals surface area contributed by atoms with Crippen molar-refractivity contribution in [2.45, 2.75) is 13.0 Å². The molecule has 0 fully saturated rings. The molecule has 0 aliphatic carbocycles. The van der Waals surface area contributed by atoms with E-state index in [2.05, 4.69) is 36.2 Å². The largest absolute Gasteiger partial charge is 0.497 e. The first-order valence-corrected chi connectivity index (χ1v) is 6.76. The van der Waals surface area contributed by atoms with Crippen LogP contribution < -0.4 is 10.1 Å². The molecule has 0 aliphatic heterocycles. The molecule has 0 saturated heterocycles. The number of nitrogens with one attached hydrogen (secondary N) is 1. The van der Waals surface area contributed by atoms with Gasteiger partial charge in [0, 0.05) is 12.6 Å². The van der Waals surface area contributed by atoms with Gasteiger partial charge in [0.1, 0.15) is 5.75 Å². The van der Waals surface area contributed by atoms with Gasteiger partial charge in [-0.05, 0) is 39.2 Å². The van der Waals surface area contributed by atoms with Crippen LogP contribution in [0.3, 0.4) is 0 Å². The number of likely N-dealkylation sites (N-methyl/N-ethyl adjacent to an activating group) is 1. The molecular weight excluding hydrogens is 246 g/mol. The molecule has 1 aromatic carbocycles. The van der Waals surface area contributed by atoms with Crippen molar-refractivity contribution in [1.82, 2.24) is 9.88 Å². The van der Waals surface area contributed by atoms with E-state index in [-0.39, 0.29) is 0 Å². The topological polar surface area (TPSA) is 37.4 Å². The van der Waals surface area contributed by atoms with Crippen LogP contribution in [0.4, 0.5) is 5.13 Å². The third kappa shape index (κ3) is 2.91. The van der Waals surface area contributed by atoms with E-state index in [0.29, 0.717) is 6.04 Å². The van der Waals surface area contributed by atoms with Crippen molar-refractivity contribution >= 4 is 26.7 Å². The second-order valence-electron chi connectivity index (χ2n) is 4.55. The van der Waals surface area contributed by atoms with Crippen molar-refractivity contribution in [1.29, 1.82) is 0 Å². The molecule has 1 aromatic heterocycles. The Bertz CT molecular complexity index is 524. The fourth-order valence-corrected chi connectivity index (χ4v) is 2.43. The monoisotopic (exact) mass is 265 g/mol. The molecule has 1 atom stereocenters. The van der Waals surface area contributed by atoms with E-state index in [1.165, 1.54) is 0 Å². The third-order valence-electron chi connectivity index (χ3n) is 3.03. The third-order valence-corrected chi connectivity index (χ3v) is 4.00. The lowest BCUT2D eigenvalue weighted by molar-refractivity contribution is 0.326. The number of methoxy groups -OCH3 is 1. The summed E-state index contributed by atoms with van der Waals surface area (Å²) in [4.78, 5) is 6.74. The summed E-state index contributed by atoms with van der Waals surface area (Å²) in [6.45, 7) is 3.08. The molecule has 2 rings (SSSR count). The Hall–Kier alpha value is -1.33. The molecule has 0 aliphatic rings. The minimum Gasteiger partial charge on any atom is -0.497 e. The van der Waals surface area contributed by atoms with Gasteiger partial charge in [-0.3, -0.25) is 0 Å². The molecule has 4 nitrogen and oxygen atoms in total. The molecule has 18 heavy (non-hydrogen) atoms. The molecule has 0 bridgehead atoms. The van der Waals surface area contributed by atoms with Gasteiger partial charge in [-0.2, -0.15) is 0 Å². The van der Waals surface area contributed by atoms with Crippen molar-refractivity contribution in [3.63, 3.8) is 0 Å². The number of hydrogen-bond acceptors (Lipinski definition) is 5. The number of anilines is 1. The highest BCUT2D eigenvalue weighted by atomic mass is 32.1. The predicted molar refractivity (Wildman–Crippen MR) is 77.8 cm³/mol. The minimum absolute atomic E-state index is 0.478. The van der Waals surface area contributed by atoms with Gasteiger partial charge in [0.25, 0.3) is 0 Å². The standard InChI is InChI=1S/C13H19N3OS/c1-9(16(2)3)8-14-13-15-11-6-5-10(17-4)7-12(11)18-13/h5-7,9H,8H2,1-4H3,(H,14,15). The number of thiazole rings is 1. The van der Waals surface area contributed by atoms with Gasteiger partial charge >= 0.3 is 0 Å². The normalized spacial score (nSPS) is 12.9. The first-order valence-electron chi connectivity index (χ1n) is 5.95. The molecule has 1 unspecified atom stereocenters. The Morgan fingerprint density at radius 2 is 2.22 bits per heavy atom. The summed E-state index contributed by atoms with van der Waals surface area (Å²) in [5.74, 6) is 0.874. The van der Waals surface area contributed by atoms with Gasteiger partial charge in [-0.1, -0.05) is 11.3 Å². The molecule has 0 amide bonds. The van der Waals surface area contributed by atoms with Crippen LogP contribution in [-0.4, -0.2) is 43.7 Å². The highest BCUT2D eigenvalue weighted by Crippen LogP contribution is 2.29. The minimum atomic E-state index is 0.478. The highest BCUT2D eigenvalue weighted by molar-refractivity contribution is 7.22. The SMILES string of the molecule is COc1ccc2nc(NCC(C)N(C)C)sc2c1. The molecule has 0 radical (unpaired) electrons. The molecule has 0 saturated carbocycles. The molecule has 1 N–H and O–H groups in total. The molecule has 2 aromatic rings. The Balaban J connectivity index is 2.10. The number of hydrogen-bond donors (Lipinski definition) is 1. The number of nitrogens with zero attached hydrogens (tertiary/aromatic N) is 2. The quantitative estimate of drug-likeness (QED) is 0.902. The van der Waals surface area contributed by atoms with Gasteiger partial charge in [0.05, 0.1) is 17.3 Å². The fraction of sp³-hybridized carbons (Fsp3) is 0.462. The molecule has 5 heteroatoms. The van der Waals surface area contributed by atoms with Gasteiger partial charge < -0.3 is 15.0 Å². The second kappa shape index (κ2) is 5.54. The Morgan fingerprint density at radius 3 is 2.89 bits per heavy atom. The van der Waals surface area contributed by atoms with E-state index in [1.54, 1.807) is 18.4 Å². The van der Waals surface area contributed by atoms with Crippen molar-refractivity contribution in [3.8, 4) is 5.75 Å². The lowest BCUT2D eigenvalue weighted by atomic mass is 10.3. The van der Waals surface area contributed by atoms with Crippen molar-refractivity contribution < 1.29 is 4.74 Å². The Labute approximate surface area is 112 Å². The van der Waals surface area contributed by atoms with Crippen LogP contribution in [0.15, 0.2) is 18.2 Å². The van der Waals surface area contributed by atoms with Gasteiger partial charge in [-0.15, -0.1) is 0 Å². The Morgan fingerprint density at radius 1 is 1.44 bits per heavy atom. The summed E-state index contributed by atoms with van der Waals surface area (Å²) in [7, 11) is 5.84. The van der Waals surface area contributed by atoms with Crippen LogP contribution in [0, 0.1) is 0 Å². The van der Waals surface area contributed by atoms with Crippen LogP contribution in [0.2, 0.25) is 0 Å². The highest BCUT2D eigenvalue weighted by Gasteiger charge is 2.07. The maximum Gasteiger partial charge on any atom is 0.183 e. The zero-order chi connectivity index (χ0) is 13.1. The maximum absolute atomic E-state index is 5.21. The van der Waals surface area contributed by atoms with Crippen LogP contribution in [0.1, 0.15) is 6.92 Å². The average molecular weight is 265 g/mol. The van der Waals surface area contributed by atoms with E-state index in [4.69, 9.17) is 4.74 Å². The molecular formula is C13H19N3OS. The van der Waals surface area contributed by atoms with E-state index in [0.717, 1.165) is 27.6 Å².